The summed E-state index contributed by atoms with van der Waals surface area (Å²) in [6.07, 6.45) is -1.75. The van der Waals surface area contributed by atoms with Crippen LogP contribution in [0, 0.1) is 11.6 Å². The predicted octanol–water partition coefficient (Wildman–Crippen LogP) is 2.58. The first-order valence-corrected chi connectivity index (χ1v) is 7.10. The Kier molecular flexibility index (Phi) is 5.65. The van der Waals surface area contributed by atoms with E-state index in [0.29, 0.717) is 5.56 Å². The highest BCUT2D eigenvalue weighted by Gasteiger charge is 2.17. The molecule has 0 heterocycles. The predicted molar refractivity (Wildman–Crippen MR) is 80.9 cm³/mol. The Labute approximate surface area is 132 Å². The lowest BCUT2D eigenvalue weighted by Gasteiger charge is -2.17. The maximum atomic E-state index is 13.1. The van der Waals surface area contributed by atoms with E-state index in [9.17, 15) is 18.7 Å². The summed E-state index contributed by atoms with van der Waals surface area (Å²) in [4.78, 5) is 11.9. The zero-order valence-electron chi connectivity index (χ0n) is 12.5. The van der Waals surface area contributed by atoms with Gasteiger partial charge in [-0.05, 0) is 24.6 Å². The van der Waals surface area contributed by atoms with Crippen LogP contribution in [0.1, 0.15) is 18.6 Å². The fourth-order valence-electron chi connectivity index (χ4n) is 1.94. The van der Waals surface area contributed by atoms with E-state index in [1.165, 1.54) is 13.0 Å². The van der Waals surface area contributed by atoms with Gasteiger partial charge < -0.3 is 15.2 Å². The van der Waals surface area contributed by atoms with E-state index in [4.69, 9.17) is 4.74 Å². The Balaban J connectivity index is 1.86. The Morgan fingerprint density at radius 1 is 1.17 bits per heavy atom. The van der Waals surface area contributed by atoms with Crippen molar-refractivity contribution in [3.63, 3.8) is 0 Å². The highest BCUT2D eigenvalue weighted by Crippen LogP contribution is 2.17. The van der Waals surface area contributed by atoms with Gasteiger partial charge in [0.25, 0.3) is 5.91 Å². The van der Waals surface area contributed by atoms with Gasteiger partial charge in [-0.25, -0.2) is 8.78 Å². The number of carbonyl (C=O) groups is 1. The van der Waals surface area contributed by atoms with Crippen LogP contribution in [-0.2, 0) is 4.79 Å². The maximum Gasteiger partial charge on any atom is 0.260 e. The molecule has 0 bridgehead atoms. The molecular formula is C17H17F2NO3. The normalized spacial score (nSPS) is 13.2. The van der Waals surface area contributed by atoms with Crippen LogP contribution >= 0.6 is 0 Å². The molecule has 0 fully saturated rings. The van der Waals surface area contributed by atoms with Crippen LogP contribution in [0.3, 0.4) is 0 Å². The first-order valence-electron chi connectivity index (χ1n) is 7.10. The van der Waals surface area contributed by atoms with Gasteiger partial charge in [0.15, 0.2) is 17.7 Å². The number of halogens is 2. The van der Waals surface area contributed by atoms with E-state index in [-0.39, 0.29) is 12.3 Å². The molecule has 2 rings (SSSR count). The molecule has 2 N–H and O–H groups in total. The van der Waals surface area contributed by atoms with Gasteiger partial charge in [0.05, 0.1) is 6.10 Å². The summed E-state index contributed by atoms with van der Waals surface area (Å²) in [5.41, 5.74) is 0.682. The Bertz CT molecular complexity index is 664. The number of hydrogen-bond donors (Lipinski definition) is 2. The van der Waals surface area contributed by atoms with Gasteiger partial charge in [-0.1, -0.05) is 30.3 Å². The maximum absolute atomic E-state index is 13.1. The molecule has 0 radical (unpaired) electrons. The Morgan fingerprint density at radius 2 is 1.87 bits per heavy atom. The van der Waals surface area contributed by atoms with Crippen molar-refractivity contribution in [2.45, 2.75) is 19.1 Å². The summed E-state index contributed by atoms with van der Waals surface area (Å²) in [5, 5.41) is 12.5. The molecule has 2 atom stereocenters. The fraction of sp³-hybridized carbons (Fsp3) is 0.235. The van der Waals surface area contributed by atoms with Crippen molar-refractivity contribution in [1.82, 2.24) is 5.32 Å². The van der Waals surface area contributed by atoms with Crippen molar-refractivity contribution < 1.29 is 23.4 Å². The molecule has 0 aliphatic carbocycles. The number of nitrogens with one attached hydrogen (secondary N) is 1. The number of rotatable bonds is 6. The van der Waals surface area contributed by atoms with E-state index in [1.54, 1.807) is 24.3 Å². The largest absolute Gasteiger partial charge is 0.481 e. The lowest BCUT2D eigenvalue weighted by molar-refractivity contribution is -0.127. The second-order valence-electron chi connectivity index (χ2n) is 5.01. The summed E-state index contributed by atoms with van der Waals surface area (Å²) < 4.78 is 31.2. The molecule has 0 spiro atoms. The van der Waals surface area contributed by atoms with Crippen LogP contribution in [0.2, 0.25) is 0 Å². The number of hydrogen-bond acceptors (Lipinski definition) is 3. The van der Waals surface area contributed by atoms with Crippen molar-refractivity contribution in [3.05, 3.63) is 65.7 Å². The van der Waals surface area contributed by atoms with E-state index in [2.05, 4.69) is 5.32 Å². The second-order valence-corrected chi connectivity index (χ2v) is 5.01. The van der Waals surface area contributed by atoms with Gasteiger partial charge in [-0.3, -0.25) is 4.79 Å². The molecule has 2 aromatic carbocycles. The summed E-state index contributed by atoms with van der Waals surface area (Å²) in [6.45, 7) is 1.50. The van der Waals surface area contributed by atoms with Gasteiger partial charge in [-0.2, -0.15) is 0 Å². The van der Waals surface area contributed by atoms with Gasteiger partial charge in [0, 0.05) is 12.6 Å². The number of carbonyl (C=O) groups excluding carboxylic acids is 1. The van der Waals surface area contributed by atoms with Crippen LogP contribution in [0.4, 0.5) is 8.78 Å². The summed E-state index contributed by atoms with van der Waals surface area (Å²) in [5.74, 6) is -2.45. The van der Waals surface area contributed by atoms with E-state index in [0.717, 1.165) is 12.1 Å². The lowest BCUT2D eigenvalue weighted by atomic mass is 10.1. The van der Waals surface area contributed by atoms with Crippen LogP contribution in [0.15, 0.2) is 48.5 Å². The van der Waals surface area contributed by atoms with Crippen LogP contribution in [0.25, 0.3) is 0 Å². The van der Waals surface area contributed by atoms with Gasteiger partial charge in [0.1, 0.15) is 5.75 Å². The summed E-state index contributed by atoms with van der Waals surface area (Å²) in [6, 6.07) is 11.9. The van der Waals surface area contributed by atoms with Crippen molar-refractivity contribution in [1.29, 1.82) is 0 Å². The SMILES string of the molecule is C[C@@H](Oc1ccc(F)c(F)c1)C(=O)NC[C@@H](O)c1ccccc1. The minimum absolute atomic E-state index is 0.0221. The van der Waals surface area contributed by atoms with Crippen LogP contribution < -0.4 is 10.1 Å². The zero-order valence-corrected chi connectivity index (χ0v) is 12.5. The highest BCUT2D eigenvalue weighted by atomic mass is 19.2. The molecule has 0 saturated heterocycles. The van der Waals surface area contributed by atoms with Gasteiger partial charge in [-0.15, -0.1) is 0 Å². The molecule has 23 heavy (non-hydrogen) atoms. The monoisotopic (exact) mass is 321 g/mol. The first-order chi connectivity index (χ1) is 11.0. The standard InChI is InChI=1S/C17H17F2NO3/c1-11(23-13-7-8-14(18)15(19)9-13)17(22)20-10-16(21)12-5-3-2-4-6-12/h2-9,11,16,21H,10H2,1H3,(H,20,22)/t11-,16-/m1/s1. The number of amides is 1. The minimum atomic E-state index is -1.05. The van der Waals surface area contributed by atoms with Crippen molar-refractivity contribution in [2.75, 3.05) is 6.54 Å². The molecule has 1 amide bonds. The topological polar surface area (TPSA) is 58.6 Å². The molecule has 0 aromatic heterocycles. The second kappa shape index (κ2) is 7.69. The van der Waals surface area contributed by atoms with E-state index in [1.807, 2.05) is 6.07 Å². The molecule has 122 valence electrons. The van der Waals surface area contributed by atoms with Gasteiger partial charge in [0.2, 0.25) is 0 Å². The average molecular weight is 321 g/mol. The van der Waals surface area contributed by atoms with E-state index < -0.39 is 29.7 Å². The number of aliphatic hydroxyl groups excluding tert-OH is 1. The highest BCUT2D eigenvalue weighted by molar-refractivity contribution is 5.80. The molecule has 4 nitrogen and oxygen atoms in total. The molecule has 6 heteroatoms. The first kappa shape index (κ1) is 16.9. The van der Waals surface area contributed by atoms with Crippen molar-refractivity contribution in [3.8, 4) is 5.75 Å². The Morgan fingerprint density at radius 3 is 2.52 bits per heavy atom. The van der Waals surface area contributed by atoms with E-state index >= 15 is 0 Å². The Hall–Kier alpha value is -2.47. The third-order valence-corrected chi connectivity index (χ3v) is 3.23. The molecule has 0 saturated carbocycles. The smallest absolute Gasteiger partial charge is 0.260 e. The fourth-order valence-corrected chi connectivity index (χ4v) is 1.94. The summed E-state index contributed by atoms with van der Waals surface area (Å²) >= 11 is 0. The molecule has 0 aliphatic rings. The lowest BCUT2D eigenvalue weighted by Crippen LogP contribution is -2.38. The van der Waals surface area contributed by atoms with Gasteiger partial charge >= 0.3 is 0 Å². The summed E-state index contributed by atoms with van der Waals surface area (Å²) in [7, 11) is 0. The van der Waals surface area contributed by atoms with Crippen molar-refractivity contribution >= 4 is 5.91 Å². The third kappa shape index (κ3) is 4.75. The number of ether oxygens (including phenoxy) is 1. The number of aliphatic hydroxyl groups is 1. The molecule has 0 aliphatic heterocycles. The molecule has 2 aromatic rings. The third-order valence-electron chi connectivity index (χ3n) is 3.23. The average Bonchev–Trinajstić information content (AvgIpc) is 2.56. The molecular weight excluding hydrogens is 304 g/mol. The minimum Gasteiger partial charge on any atom is -0.481 e. The molecule has 0 unspecified atom stereocenters. The number of benzene rings is 2. The van der Waals surface area contributed by atoms with Crippen molar-refractivity contribution in [2.24, 2.45) is 0 Å². The zero-order chi connectivity index (χ0) is 16.8. The van der Waals surface area contributed by atoms with Crippen LogP contribution in [0.5, 0.6) is 5.75 Å². The van der Waals surface area contributed by atoms with Crippen LogP contribution in [-0.4, -0.2) is 23.7 Å². The quantitative estimate of drug-likeness (QED) is 0.860.